The fraction of sp³-hybridized carbons (Fsp3) is 0.529. The van der Waals surface area contributed by atoms with Crippen LogP contribution in [0.2, 0.25) is 0 Å². The number of para-hydroxylation sites is 1. The minimum atomic E-state index is -0.470. The van der Waals surface area contributed by atoms with Crippen LogP contribution in [0.1, 0.15) is 44.9 Å². The number of carbonyl (C=O) groups excluding carboxylic acids is 2. The van der Waals surface area contributed by atoms with Crippen molar-refractivity contribution in [3.63, 3.8) is 0 Å². The number of anilines is 1. The third kappa shape index (κ3) is 6.26. The normalized spacial score (nSPS) is 16.4. The van der Waals surface area contributed by atoms with Gasteiger partial charge in [0, 0.05) is 5.69 Å². The Balaban J connectivity index is 1.67. The van der Waals surface area contributed by atoms with Gasteiger partial charge in [0.2, 0.25) is 0 Å². The molecule has 0 radical (unpaired) electrons. The molecule has 1 aromatic rings. The Labute approximate surface area is 131 Å². The molecule has 0 heterocycles. The van der Waals surface area contributed by atoms with Crippen LogP contribution in [0.15, 0.2) is 30.3 Å². The fourth-order valence-electron chi connectivity index (χ4n) is 2.86. The lowest BCUT2D eigenvalue weighted by molar-refractivity contribution is -0.680. The van der Waals surface area contributed by atoms with Crippen LogP contribution in [0.25, 0.3) is 0 Å². The van der Waals surface area contributed by atoms with Gasteiger partial charge in [-0.25, -0.2) is 4.79 Å². The van der Waals surface area contributed by atoms with Crippen LogP contribution in [0.5, 0.6) is 0 Å². The first-order valence-electron chi connectivity index (χ1n) is 8.23. The number of hydrogen-bond donors (Lipinski definition) is 3. The number of imide groups is 1. The van der Waals surface area contributed by atoms with Crippen LogP contribution >= 0.6 is 0 Å². The molecule has 5 nitrogen and oxygen atoms in total. The lowest BCUT2D eigenvalue weighted by Crippen LogP contribution is -2.92. The third-order valence-electron chi connectivity index (χ3n) is 4.07. The van der Waals surface area contributed by atoms with Crippen molar-refractivity contribution in [2.75, 3.05) is 11.9 Å². The highest BCUT2D eigenvalue weighted by Crippen LogP contribution is 2.14. The average Bonchev–Trinajstić information content (AvgIpc) is 2.47. The molecule has 1 aromatic carbocycles. The maximum atomic E-state index is 11.8. The van der Waals surface area contributed by atoms with Crippen molar-refractivity contribution in [2.24, 2.45) is 0 Å². The molecule has 120 valence electrons. The van der Waals surface area contributed by atoms with E-state index in [1.54, 1.807) is 12.1 Å². The molecule has 0 bridgehead atoms. The molecular weight excluding hydrogens is 278 g/mol. The Morgan fingerprint density at radius 1 is 1.00 bits per heavy atom. The molecule has 3 amide bonds. The highest BCUT2D eigenvalue weighted by Gasteiger charge is 2.16. The van der Waals surface area contributed by atoms with Gasteiger partial charge in [0.15, 0.2) is 6.54 Å². The molecule has 5 heteroatoms. The summed E-state index contributed by atoms with van der Waals surface area (Å²) in [6.07, 6.45) is 8.78. The van der Waals surface area contributed by atoms with E-state index >= 15 is 0 Å². The number of nitrogens with two attached hydrogens (primary N) is 1. The molecular formula is C17H26N3O2+. The number of nitrogens with one attached hydrogen (secondary N) is 2. The van der Waals surface area contributed by atoms with E-state index in [1.165, 1.54) is 44.9 Å². The standard InChI is InChI=1S/C17H25N3O2/c21-16(13-18-14-9-5-2-1-3-6-10-14)20-17(22)19-15-11-7-4-8-12-15/h4,7-8,11-12,14,18H,1-3,5-6,9-10,13H2,(H2,19,20,21,22)/p+1. The number of benzene rings is 1. The first-order chi connectivity index (χ1) is 10.7. The van der Waals surface area contributed by atoms with E-state index in [0.717, 1.165) is 0 Å². The second-order valence-corrected chi connectivity index (χ2v) is 5.91. The van der Waals surface area contributed by atoms with Gasteiger partial charge in [0.25, 0.3) is 5.91 Å². The Morgan fingerprint density at radius 3 is 2.32 bits per heavy atom. The summed E-state index contributed by atoms with van der Waals surface area (Å²) >= 11 is 0. The SMILES string of the molecule is O=C(C[NH2+]C1CCCCCCC1)NC(=O)Nc1ccccc1. The lowest BCUT2D eigenvalue weighted by atomic mass is 9.97. The first kappa shape index (κ1) is 16.5. The number of carbonyl (C=O) groups is 2. The maximum Gasteiger partial charge on any atom is 0.326 e. The summed E-state index contributed by atoms with van der Waals surface area (Å²) in [5.74, 6) is -0.240. The quantitative estimate of drug-likeness (QED) is 0.796. The van der Waals surface area contributed by atoms with E-state index in [-0.39, 0.29) is 5.91 Å². The summed E-state index contributed by atoms with van der Waals surface area (Å²) in [6.45, 7) is 0.312. The van der Waals surface area contributed by atoms with Crippen LogP contribution in [-0.4, -0.2) is 24.5 Å². The Hall–Kier alpha value is -1.88. The number of rotatable bonds is 4. The van der Waals surface area contributed by atoms with E-state index in [9.17, 15) is 9.59 Å². The number of amides is 3. The minimum absolute atomic E-state index is 0.240. The highest BCUT2D eigenvalue weighted by atomic mass is 16.2. The second kappa shape index (κ2) is 9.20. The maximum absolute atomic E-state index is 11.8. The van der Waals surface area contributed by atoms with E-state index in [2.05, 4.69) is 16.0 Å². The molecule has 4 N–H and O–H groups in total. The largest absolute Gasteiger partial charge is 0.336 e. The number of hydrogen-bond acceptors (Lipinski definition) is 2. The van der Waals surface area contributed by atoms with Gasteiger partial charge in [-0.05, 0) is 37.8 Å². The van der Waals surface area contributed by atoms with E-state index in [4.69, 9.17) is 0 Å². The molecule has 1 aliphatic carbocycles. The van der Waals surface area contributed by atoms with Gasteiger partial charge in [0.1, 0.15) is 0 Å². The van der Waals surface area contributed by atoms with Gasteiger partial charge in [0.05, 0.1) is 6.04 Å². The van der Waals surface area contributed by atoms with Gasteiger partial charge in [-0.3, -0.25) is 10.1 Å². The lowest BCUT2D eigenvalue weighted by Gasteiger charge is -2.17. The van der Waals surface area contributed by atoms with Gasteiger partial charge in [-0.2, -0.15) is 0 Å². The average molecular weight is 304 g/mol. The van der Waals surface area contributed by atoms with Crippen LogP contribution in [0, 0.1) is 0 Å². The van der Waals surface area contributed by atoms with E-state index in [1.807, 2.05) is 18.2 Å². The topological polar surface area (TPSA) is 74.8 Å². The van der Waals surface area contributed by atoms with Crippen LogP contribution in [-0.2, 0) is 4.79 Å². The Morgan fingerprint density at radius 2 is 1.64 bits per heavy atom. The molecule has 22 heavy (non-hydrogen) atoms. The predicted molar refractivity (Wildman–Crippen MR) is 86.5 cm³/mol. The first-order valence-corrected chi connectivity index (χ1v) is 8.23. The summed E-state index contributed by atoms with van der Waals surface area (Å²) < 4.78 is 0. The molecule has 0 spiro atoms. The van der Waals surface area contributed by atoms with Crippen LogP contribution < -0.4 is 16.0 Å². The number of quaternary nitrogens is 1. The summed E-state index contributed by atoms with van der Waals surface area (Å²) in [5.41, 5.74) is 0.678. The zero-order valence-corrected chi connectivity index (χ0v) is 13.0. The summed E-state index contributed by atoms with van der Waals surface area (Å²) in [6, 6.07) is 9.15. The smallest absolute Gasteiger partial charge is 0.326 e. The van der Waals surface area contributed by atoms with Gasteiger partial charge in [-0.1, -0.05) is 37.5 Å². The van der Waals surface area contributed by atoms with Crippen molar-refractivity contribution < 1.29 is 14.9 Å². The van der Waals surface area contributed by atoms with Gasteiger partial charge >= 0.3 is 6.03 Å². The van der Waals surface area contributed by atoms with Crippen molar-refractivity contribution >= 4 is 17.6 Å². The predicted octanol–water partition coefficient (Wildman–Crippen LogP) is 2.01. The van der Waals surface area contributed by atoms with E-state index < -0.39 is 6.03 Å². The summed E-state index contributed by atoms with van der Waals surface area (Å²) in [4.78, 5) is 23.6. The highest BCUT2D eigenvalue weighted by molar-refractivity contribution is 6.01. The molecule has 0 saturated heterocycles. The van der Waals surface area contributed by atoms with Gasteiger partial charge in [-0.15, -0.1) is 0 Å². The zero-order chi connectivity index (χ0) is 15.6. The minimum Gasteiger partial charge on any atom is -0.336 e. The van der Waals surface area contributed by atoms with Crippen molar-refractivity contribution in [1.29, 1.82) is 0 Å². The van der Waals surface area contributed by atoms with Crippen molar-refractivity contribution in [3.8, 4) is 0 Å². The van der Waals surface area contributed by atoms with Crippen molar-refractivity contribution in [3.05, 3.63) is 30.3 Å². The molecule has 1 aliphatic rings. The molecule has 0 atom stereocenters. The van der Waals surface area contributed by atoms with Crippen LogP contribution in [0.3, 0.4) is 0 Å². The van der Waals surface area contributed by atoms with Crippen LogP contribution in [0.4, 0.5) is 10.5 Å². The Bertz CT molecular complexity index is 468. The van der Waals surface area contributed by atoms with E-state index in [0.29, 0.717) is 18.3 Å². The second-order valence-electron chi connectivity index (χ2n) is 5.91. The monoisotopic (exact) mass is 304 g/mol. The van der Waals surface area contributed by atoms with Crippen molar-refractivity contribution in [1.82, 2.24) is 5.32 Å². The molecule has 0 aromatic heterocycles. The fourth-order valence-corrected chi connectivity index (χ4v) is 2.86. The summed E-state index contributed by atoms with van der Waals surface area (Å²) in [5, 5.41) is 7.10. The third-order valence-corrected chi connectivity index (χ3v) is 4.07. The summed E-state index contributed by atoms with van der Waals surface area (Å²) in [7, 11) is 0. The Kier molecular flexibility index (Phi) is 6.90. The van der Waals surface area contributed by atoms with Crippen molar-refractivity contribution in [2.45, 2.75) is 51.0 Å². The molecule has 1 saturated carbocycles. The number of urea groups is 1. The molecule has 1 fully saturated rings. The molecule has 2 rings (SSSR count). The molecule has 0 aliphatic heterocycles. The molecule has 0 unspecified atom stereocenters. The van der Waals surface area contributed by atoms with Gasteiger partial charge < -0.3 is 10.6 Å². The zero-order valence-electron chi connectivity index (χ0n) is 13.0.